The monoisotopic (exact) mass is 471 g/mol. The Morgan fingerprint density at radius 1 is 1.12 bits per heavy atom. The predicted octanol–water partition coefficient (Wildman–Crippen LogP) is 5.39. The number of hydrogen-bond acceptors (Lipinski definition) is 4. The average molecular weight is 472 g/mol. The van der Waals surface area contributed by atoms with Gasteiger partial charge in [-0.25, -0.2) is 4.98 Å². The van der Waals surface area contributed by atoms with E-state index in [4.69, 9.17) is 11.6 Å². The van der Waals surface area contributed by atoms with Gasteiger partial charge >= 0.3 is 0 Å². The van der Waals surface area contributed by atoms with Crippen LogP contribution in [0.25, 0.3) is 33.4 Å². The number of benzene rings is 2. The van der Waals surface area contributed by atoms with Gasteiger partial charge in [0.05, 0.1) is 10.7 Å². The van der Waals surface area contributed by atoms with Crippen molar-refractivity contribution in [1.29, 1.82) is 0 Å². The van der Waals surface area contributed by atoms with Crippen LogP contribution in [0.5, 0.6) is 0 Å². The number of fused-ring (bicyclic) bond motifs is 1. The van der Waals surface area contributed by atoms with Gasteiger partial charge < -0.3 is 20.5 Å². The van der Waals surface area contributed by atoms with E-state index in [0.717, 1.165) is 70.8 Å². The van der Waals surface area contributed by atoms with Crippen LogP contribution in [0.15, 0.2) is 67.4 Å². The number of H-pyrrole nitrogens is 1. The first-order chi connectivity index (χ1) is 16.5. The third-order valence-corrected chi connectivity index (χ3v) is 6.57. The van der Waals surface area contributed by atoms with E-state index < -0.39 is 0 Å². The summed E-state index contributed by atoms with van der Waals surface area (Å²) in [6.45, 7) is 9.51. The number of rotatable bonds is 5. The zero-order valence-electron chi connectivity index (χ0n) is 19.0. The Hall–Kier alpha value is -3.61. The van der Waals surface area contributed by atoms with E-state index in [0.29, 0.717) is 5.02 Å². The fourth-order valence-corrected chi connectivity index (χ4v) is 4.68. The molecule has 2 aromatic heterocycles. The first-order valence-electron chi connectivity index (χ1n) is 11.3. The molecule has 1 amide bonds. The maximum Gasteiger partial charge on any atom is 0.247 e. The van der Waals surface area contributed by atoms with Crippen molar-refractivity contribution < 1.29 is 4.79 Å². The summed E-state index contributed by atoms with van der Waals surface area (Å²) in [6, 6.07) is 16.4. The smallest absolute Gasteiger partial charge is 0.247 e. The molecule has 7 heteroatoms. The van der Waals surface area contributed by atoms with E-state index >= 15 is 0 Å². The number of hydrogen-bond donors (Lipinski definition) is 3. The van der Waals surface area contributed by atoms with Crippen LogP contribution in [0.4, 0.5) is 11.4 Å². The number of amides is 1. The van der Waals surface area contributed by atoms with Crippen molar-refractivity contribution in [3.8, 4) is 22.4 Å². The van der Waals surface area contributed by atoms with Crippen LogP contribution < -0.4 is 15.5 Å². The summed E-state index contributed by atoms with van der Waals surface area (Å²) in [6.07, 6.45) is 2.97. The highest BCUT2D eigenvalue weighted by atomic mass is 35.5. The highest BCUT2D eigenvalue weighted by Crippen LogP contribution is 2.42. The van der Waals surface area contributed by atoms with Gasteiger partial charge in [0.2, 0.25) is 5.91 Å². The van der Waals surface area contributed by atoms with Crippen LogP contribution in [0.3, 0.4) is 0 Å². The number of carbonyl (C=O) groups is 1. The molecule has 0 bridgehead atoms. The minimum absolute atomic E-state index is 0.248. The number of anilines is 2. The third-order valence-electron chi connectivity index (χ3n) is 6.25. The van der Waals surface area contributed by atoms with Crippen LogP contribution in [0.2, 0.25) is 5.02 Å². The van der Waals surface area contributed by atoms with E-state index in [2.05, 4.69) is 56.3 Å². The second kappa shape index (κ2) is 9.33. The average Bonchev–Trinajstić information content (AvgIpc) is 3.27. The van der Waals surface area contributed by atoms with Crippen LogP contribution in [-0.2, 0) is 4.79 Å². The van der Waals surface area contributed by atoms with E-state index in [-0.39, 0.29) is 5.91 Å². The minimum atomic E-state index is -0.248. The molecule has 1 aliphatic rings. The molecule has 4 aromatic rings. The number of nitrogens with one attached hydrogen (secondary N) is 3. The number of nitrogens with zero attached hydrogens (tertiary/aromatic N) is 2. The number of aryl methyl sites for hydroxylation is 1. The molecule has 0 aliphatic carbocycles. The Morgan fingerprint density at radius 3 is 2.59 bits per heavy atom. The Kier molecular flexibility index (Phi) is 6.09. The second-order valence-electron chi connectivity index (χ2n) is 8.40. The van der Waals surface area contributed by atoms with Crippen LogP contribution in [-0.4, -0.2) is 42.1 Å². The molecule has 0 atom stereocenters. The predicted molar refractivity (Wildman–Crippen MR) is 141 cm³/mol. The van der Waals surface area contributed by atoms with E-state index in [1.165, 1.54) is 11.8 Å². The SMILES string of the molecule is C=CC(=O)Nc1cc(-c2c(-c3ccc(N4CCNCC4)cc3)[nH]c3nccc(Cl)c23)ccc1C. The molecule has 3 heterocycles. The molecule has 6 nitrogen and oxygen atoms in total. The van der Waals surface area contributed by atoms with Crippen molar-refractivity contribution in [3.05, 3.63) is 78.0 Å². The molecule has 0 saturated carbocycles. The highest BCUT2D eigenvalue weighted by Gasteiger charge is 2.20. The van der Waals surface area contributed by atoms with Gasteiger partial charge in [0.1, 0.15) is 5.65 Å². The van der Waals surface area contributed by atoms with Gasteiger partial charge in [0, 0.05) is 54.7 Å². The summed E-state index contributed by atoms with van der Waals surface area (Å²) < 4.78 is 0. The van der Waals surface area contributed by atoms with Gasteiger partial charge in [0.15, 0.2) is 0 Å². The fraction of sp³-hybridized carbons (Fsp3) is 0.185. The Balaban J connectivity index is 1.63. The third kappa shape index (κ3) is 4.18. The Bertz CT molecular complexity index is 1370. The van der Waals surface area contributed by atoms with E-state index in [9.17, 15) is 4.79 Å². The van der Waals surface area contributed by atoms with Gasteiger partial charge in [-0.15, -0.1) is 0 Å². The molecule has 1 saturated heterocycles. The number of pyridine rings is 1. The molecule has 34 heavy (non-hydrogen) atoms. The maximum absolute atomic E-state index is 12.0. The lowest BCUT2D eigenvalue weighted by Crippen LogP contribution is -2.43. The molecule has 0 radical (unpaired) electrons. The van der Waals surface area contributed by atoms with Gasteiger partial charge in [-0.2, -0.15) is 0 Å². The summed E-state index contributed by atoms with van der Waals surface area (Å²) in [4.78, 5) is 22.4. The lowest BCUT2D eigenvalue weighted by molar-refractivity contribution is -0.111. The first-order valence-corrected chi connectivity index (χ1v) is 11.7. The zero-order chi connectivity index (χ0) is 23.7. The number of aromatic amines is 1. The largest absolute Gasteiger partial charge is 0.369 e. The lowest BCUT2D eigenvalue weighted by Gasteiger charge is -2.29. The second-order valence-corrected chi connectivity index (χ2v) is 8.81. The van der Waals surface area contributed by atoms with Gasteiger partial charge in [-0.3, -0.25) is 4.79 Å². The number of halogens is 1. The first kappa shape index (κ1) is 22.2. The molecule has 5 rings (SSSR count). The van der Waals surface area contributed by atoms with Crippen molar-refractivity contribution >= 4 is 39.9 Å². The lowest BCUT2D eigenvalue weighted by atomic mass is 9.97. The molecule has 0 unspecified atom stereocenters. The number of piperazine rings is 1. The van der Waals surface area contributed by atoms with E-state index in [1.54, 1.807) is 12.3 Å². The van der Waals surface area contributed by atoms with E-state index in [1.807, 2.05) is 25.1 Å². The Morgan fingerprint density at radius 2 is 1.85 bits per heavy atom. The summed E-state index contributed by atoms with van der Waals surface area (Å²) in [5, 5.41) is 7.77. The van der Waals surface area contributed by atoms with Crippen molar-refractivity contribution in [2.24, 2.45) is 0 Å². The van der Waals surface area contributed by atoms with Crippen molar-refractivity contribution in [1.82, 2.24) is 15.3 Å². The Labute approximate surface area is 203 Å². The summed E-state index contributed by atoms with van der Waals surface area (Å²) >= 11 is 6.66. The summed E-state index contributed by atoms with van der Waals surface area (Å²) in [5.41, 5.74) is 7.50. The van der Waals surface area contributed by atoms with Crippen molar-refractivity contribution in [3.63, 3.8) is 0 Å². The molecule has 1 fully saturated rings. The summed E-state index contributed by atoms with van der Waals surface area (Å²) in [7, 11) is 0. The summed E-state index contributed by atoms with van der Waals surface area (Å²) in [5.74, 6) is -0.248. The zero-order valence-corrected chi connectivity index (χ0v) is 19.7. The number of carbonyl (C=O) groups excluding carboxylic acids is 1. The topological polar surface area (TPSA) is 73.1 Å². The molecular formula is C27H26ClN5O. The number of aromatic nitrogens is 2. The van der Waals surface area contributed by atoms with Crippen LogP contribution in [0, 0.1) is 6.92 Å². The fourth-order valence-electron chi connectivity index (χ4n) is 4.44. The van der Waals surface area contributed by atoms with Crippen molar-refractivity contribution in [2.45, 2.75) is 6.92 Å². The van der Waals surface area contributed by atoms with Gasteiger partial charge in [-0.05, 0) is 54.0 Å². The standard InChI is InChI=1S/C27H26ClN5O/c1-3-23(34)31-22-16-19(5-4-17(22)2)24-25-21(28)10-11-30-27(25)32-26(24)18-6-8-20(9-7-18)33-14-12-29-13-15-33/h3-11,16,29H,1,12-15H2,2H3,(H,30,32)(H,31,34). The molecule has 1 aliphatic heterocycles. The normalized spacial score (nSPS) is 13.8. The van der Waals surface area contributed by atoms with Crippen molar-refractivity contribution in [2.75, 3.05) is 36.4 Å². The molecule has 3 N–H and O–H groups in total. The van der Waals surface area contributed by atoms with Gasteiger partial charge in [-0.1, -0.05) is 42.4 Å². The molecule has 172 valence electrons. The quantitative estimate of drug-likeness (QED) is 0.341. The molecule has 0 spiro atoms. The van der Waals surface area contributed by atoms with Crippen LogP contribution in [0.1, 0.15) is 5.56 Å². The molecular weight excluding hydrogens is 446 g/mol. The van der Waals surface area contributed by atoms with Crippen LogP contribution >= 0.6 is 11.6 Å². The maximum atomic E-state index is 12.0. The minimum Gasteiger partial charge on any atom is -0.369 e. The highest BCUT2D eigenvalue weighted by molar-refractivity contribution is 6.36. The van der Waals surface area contributed by atoms with Gasteiger partial charge in [0.25, 0.3) is 0 Å². The molecule has 2 aromatic carbocycles.